The van der Waals surface area contributed by atoms with E-state index < -0.39 is 0 Å². The molecule has 0 aliphatic heterocycles. The summed E-state index contributed by atoms with van der Waals surface area (Å²) < 4.78 is 13.5. The van der Waals surface area contributed by atoms with Gasteiger partial charge in [0.1, 0.15) is 5.82 Å². The van der Waals surface area contributed by atoms with Crippen LogP contribution in [0.4, 0.5) is 4.39 Å². The van der Waals surface area contributed by atoms with Crippen molar-refractivity contribution in [2.45, 2.75) is 51.0 Å². The lowest BCUT2D eigenvalue weighted by Crippen LogP contribution is -2.35. The lowest BCUT2D eigenvalue weighted by molar-refractivity contribution is 0.332. The molecule has 0 bridgehead atoms. The van der Waals surface area contributed by atoms with Gasteiger partial charge < -0.3 is 5.32 Å². The average molecular weight is 284 g/mol. The fourth-order valence-corrected chi connectivity index (χ4v) is 3.36. The molecule has 1 aliphatic rings. The van der Waals surface area contributed by atoms with Crippen LogP contribution in [-0.4, -0.2) is 13.1 Å². The van der Waals surface area contributed by atoms with Gasteiger partial charge in [-0.05, 0) is 43.9 Å². The topological polar surface area (TPSA) is 12.0 Å². The van der Waals surface area contributed by atoms with Gasteiger partial charge in [-0.2, -0.15) is 0 Å². The number of benzene rings is 1. The molecule has 19 heavy (non-hydrogen) atoms. The number of rotatable bonds is 4. The van der Waals surface area contributed by atoms with Gasteiger partial charge in [-0.15, -0.1) is 0 Å². The van der Waals surface area contributed by atoms with E-state index >= 15 is 0 Å². The van der Waals surface area contributed by atoms with Gasteiger partial charge >= 0.3 is 0 Å². The van der Waals surface area contributed by atoms with Crippen molar-refractivity contribution in [1.29, 1.82) is 0 Å². The first kappa shape index (κ1) is 14.8. The Hall–Kier alpha value is -0.600. The van der Waals surface area contributed by atoms with Crippen molar-refractivity contribution >= 4 is 11.6 Å². The van der Waals surface area contributed by atoms with E-state index in [4.69, 9.17) is 11.6 Å². The van der Waals surface area contributed by atoms with Gasteiger partial charge in [-0.1, -0.05) is 49.4 Å². The number of hydrogen-bond donors (Lipinski definition) is 1. The summed E-state index contributed by atoms with van der Waals surface area (Å²) >= 11 is 6.06. The third-order valence-electron chi connectivity index (χ3n) is 4.31. The Morgan fingerprint density at radius 3 is 2.58 bits per heavy atom. The highest BCUT2D eigenvalue weighted by Crippen LogP contribution is 2.29. The summed E-state index contributed by atoms with van der Waals surface area (Å²) in [4.78, 5) is 0. The minimum absolute atomic E-state index is 0.288. The Morgan fingerprint density at radius 2 is 1.95 bits per heavy atom. The van der Waals surface area contributed by atoms with E-state index in [1.54, 1.807) is 6.07 Å². The van der Waals surface area contributed by atoms with Crippen molar-refractivity contribution < 1.29 is 4.39 Å². The predicted molar refractivity (Wildman–Crippen MR) is 79.2 cm³/mol. The van der Waals surface area contributed by atoms with Crippen molar-refractivity contribution in [1.82, 2.24) is 5.32 Å². The predicted octanol–water partition coefficient (Wildman–Crippen LogP) is 4.58. The average Bonchev–Trinajstić information content (AvgIpc) is 2.69. The molecule has 0 aromatic heterocycles. The second-order valence-electron chi connectivity index (χ2n) is 5.56. The molecule has 1 aromatic carbocycles. The van der Waals surface area contributed by atoms with E-state index in [0.29, 0.717) is 12.0 Å². The second-order valence-corrected chi connectivity index (χ2v) is 5.94. The maximum atomic E-state index is 13.5. The zero-order valence-electron chi connectivity index (χ0n) is 11.6. The zero-order chi connectivity index (χ0) is 13.7. The summed E-state index contributed by atoms with van der Waals surface area (Å²) in [5.41, 5.74) is 0.922. The van der Waals surface area contributed by atoms with Gasteiger partial charge in [0, 0.05) is 6.04 Å². The van der Waals surface area contributed by atoms with Crippen LogP contribution >= 0.6 is 11.6 Å². The quantitative estimate of drug-likeness (QED) is 0.798. The molecule has 106 valence electrons. The van der Waals surface area contributed by atoms with Crippen LogP contribution < -0.4 is 5.32 Å². The van der Waals surface area contributed by atoms with Crippen LogP contribution in [-0.2, 0) is 6.42 Å². The molecule has 0 saturated heterocycles. The SMILES string of the molecule is CNC(Cc1cccc(F)c1Cl)C1CCCCCC1. The van der Waals surface area contributed by atoms with Crippen LogP contribution in [0, 0.1) is 11.7 Å². The van der Waals surface area contributed by atoms with Crippen molar-refractivity contribution in [3.63, 3.8) is 0 Å². The Labute approximate surface area is 120 Å². The largest absolute Gasteiger partial charge is 0.316 e. The lowest BCUT2D eigenvalue weighted by atomic mass is 9.88. The van der Waals surface area contributed by atoms with E-state index in [1.165, 1.54) is 44.6 Å². The van der Waals surface area contributed by atoms with Gasteiger partial charge in [0.2, 0.25) is 0 Å². The summed E-state index contributed by atoms with van der Waals surface area (Å²) in [6.45, 7) is 0. The van der Waals surface area contributed by atoms with Gasteiger partial charge in [-0.3, -0.25) is 0 Å². The van der Waals surface area contributed by atoms with E-state index in [9.17, 15) is 4.39 Å². The Kier molecular flexibility index (Phi) is 5.65. The summed E-state index contributed by atoms with van der Waals surface area (Å²) in [5.74, 6) is 0.377. The molecule has 1 aromatic rings. The molecular weight excluding hydrogens is 261 g/mol. The first-order chi connectivity index (χ1) is 9.22. The van der Waals surface area contributed by atoms with Gasteiger partial charge in [-0.25, -0.2) is 4.39 Å². The first-order valence-electron chi connectivity index (χ1n) is 7.32. The standard InChI is InChI=1S/C16H23ClFN/c1-19-15(12-7-4-2-3-5-8-12)11-13-9-6-10-14(18)16(13)17/h6,9-10,12,15,19H,2-5,7-8,11H2,1H3. The molecule has 3 heteroatoms. The maximum absolute atomic E-state index is 13.5. The molecule has 1 saturated carbocycles. The van der Waals surface area contributed by atoms with Crippen LogP contribution in [0.15, 0.2) is 18.2 Å². The van der Waals surface area contributed by atoms with Crippen LogP contribution in [0.5, 0.6) is 0 Å². The van der Waals surface area contributed by atoms with Gasteiger partial charge in [0.25, 0.3) is 0 Å². The molecule has 1 nitrogen and oxygen atoms in total. The number of halogens is 2. The molecule has 0 radical (unpaired) electrons. The van der Waals surface area contributed by atoms with Gasteiger partial charge in [0.05, 0.1) is 5.02 Å². The monoisotopic (exact) mass is 283 g/mol. The summed E-state index contributed by atoms with van der Waals surface area (Å²) in [7, 11) is 2.00. The van der Waals surface area contributed by atoms with Crippen molar-refractivity contribution in [2.75, 3.05) is 7.05 Å². The van der Waals surface area contributed by atoms with Crippen molar-refractivity contribution in [2.24, 2.45) is 5.92 Å². The summed E-state index contributed by atoms with van der Waals surface area (Å²) in [5, 5.41) is 3.70. The Morgan fingerprint density at radius 1 is 1.26 bits per heavy atom. The smallest absolute Gasteiger partial charge is 0.142 e. The van der Waals surface area contributed by atoms with Crippen molar-refractivity contribution in [3.8, 4) is 0 Å². The van der Waals surface area contributed by atoms with E-state index in [-0.39, 0.29) is 10.8 Å². The Bertz CT molecular complexity index is 400. The zero-order valence-corrected chi connectivity index (χ0v) is 12.3. The highest BCUT2D eigenvalue weighted by atomic mass is 35.5. The van der Waals surface area contributed by atoms with Crippen LogP contribution in [0.3, 0.4) is 0 Å². The number of likely N-dealkylation sites (N-methyl/N-ethyl adjacent to an activating group) is 1. The van der Waals surface area contributed by atoms with E-state index in [2.05, 4.69) is 5.32 Å². The third-order valence-corrected chi connectivity index (χ3v) is 4.73. The van der Waals surface area contributed by atoms with Crippen molar-refractivity contribution in [3.05, 3.63) is 34.6 Å². The third kappa shape index (κ3) is 3.93. The fourth-order valence-electron chi connectivity index (χ4n) is 3.16. The summed E-state index contributed by atoms with van der Waals surface area (Å²) in [6.07, 6.45) is 8.72. The molecule has 1 atom stereocenters. The highest BCUT2D eigenvalue weighted by Gasteiger charge is 2.22. The number of hydrogen-bond acceptors (Lipinski definition) is 1. The van der Waals surface area contributed by atoms with Crippen LogP contribution in [0.2, 0.25) is 5.02 Å². The van der Waals surface area contributed by atoms with E-state index in [1.807, 2.05) is 13.1 Å². The second kappa shape index (κ2) is 7.25. The molecule has 1 unspecified atom stereocenters. The minimum atomic E-state index is -0.310. The summed E-state index contributed by atoms with van der Waals surface area (Å²) in [6, 6.07) is 5.51. The number of nitrogens with one attached hydrogen (secondary N) is 1. The molecule has 0 spiro atoms. The molecule has 2 rings (SSSR count). The molecule has 0 amide bonds. The Balaban J connectivity index is 2.07. The highest BCUT2D eigenvalue weighted by molar-refractivity contribution is 6.31. The van der Waals surface area contributed by atoms with Gasteiger partial charge in [0.15, 0.2) is 0 Å². The minimum Gasteiger partial charge on any atom is -0.316 e. The normalized spacial score (nSPS) is 19.1. The van der Waals surface area contributed by atoms with E-state index in [0.717, 1.165) is 12.0 Å². The maximum Gasteiger partial charge on any atom is 0.142 e. The molecule has 1 N–H and O–H groups in total. The first-order valence-corrected chi connectivity index (χ1v) is 7.70. The molecule has 1 aliphatic carbocycles. The lowest BCUT2D eigenvalue weighted by Gasteiger charge is -2.26. The molecule has 1 fully saturated rings. The molecule has 0 heterocycles. The van der Waals surface area contributed by atoms with Crippen LogP contribution in [0.25, 0.3) is 0 Å². The molecular formula is C16H23ClFN. The fraction of sp³-hybridized carbons (Fsp3) is 0.625. The van der Waals surface area contributed by atoms with Crippen LogP contribution in [0.1, 0.15) is 44.1 Å².